The van der Waals surface area contributed by atoms with Crippen LogP contribution in [0.2, 0.25) is 0 Å². The number of rotatable bonds is 2. The summed E-state index contributed by atoms with van der Waals surface area (Å²) >= 11 is 0. The van der Waals surface area contributed by atoms with Crippen molar-refractivity contribution in [2.45, 2.75) is 19.8 Å². The molecule has 0 N–H and O–H groups in total. The molecule has 0 heteroatoms. The molecule has 0 radical (unpaired) electrons. The largest absolute Gasteiger partial charge is 0.0651 e. The van der Waals surface area contributed by atoms with E-state index in [1.54, 1.807) is 0 Å². The lowest BCUT2D eigenvalue weighted by Gasteiger charge is -2.09. The zero-order valence-corrected chi connectivity index (χ0v) is 12.3. The summed E-state index contributed by atoms with van der Waals surface area (Å²) in [6.07, 6.45) is 2.36. The van der Waals surface area contributed by atoms with E-state index < -0.39 is 0 Å². The van der Waals surface area contributed by atoms with Gasteiger partial charge in [0.15, 0.2) is 0 Å². The first kappa shape index (κ1) is 12.4. The Morgan fingerprint density at radius 3 is 2.10 bits per heavy atom. The lowest BCUT2D eigenvalue weighted by molar-refractivity contribution is 0.924. The Labute approximate surface area is 125 Å². The molecule has 0 heterocycles. The van der Waals surface area contributed by atoms with Crippen LogP contribution in [0, 0.1) is 0 Å². The predicted molar refractivity (Wildman–Crippen MR) is 93.0 cm³/mol. The summed E-state index contributed by atoms with van der Waals surface area (Å²) < 4.78 is 0. The van der Waals surface area contributed by atoms with Crippen molar-refractivity contribution in [2.24, 2.45) is 0 Å². The Kier molecular flexibility index (Phi) is 2.89. The van der Waals surface area contributed by atoms with Crippen molar-refractivity contribution in [2.75, 3.05) is 0 Å². The van der Waals surface area contributed by atoms with Gasteiger partial charge in [-0.3, -0.25) is 0 Å². The molecule has 21 heavy (non-hydrogen) atoms. The van der Waals surface area contributed by atoms with E-state index in [2.05, 4.69) is 73.7 Å². The van der Waals surface area contributed by atoms with Gasteiger partial charge in [0.1, 0.15) is 0 Å². The lowest BCUT2D eigenvalue weighted by atomic mass is 9.95. The molecule has 0 aliphatic rings. The number of hydrogen-bond acceptors (Lipinski definition) is 0. The standard InChI is InChI=1S/C21H18/c1-2-5-15-8-11-19-17(14-15)10-13-20-18-7-4-3-6-16(18)9-12-21(19)20/h3-4,6-14H,2,5H2,1H3. The smallest absolute Gasteiger partial charge is 0.00990 e. The van der Waals surface area contributed by atoms with Crippen molar-refractivity contribution in [3.05, 3.63) is 72.3 Å². The van der Waals surface area contributed by atoms with Gasteiger partial charge >= 0.3 is 0 Å². The van der Waals surface area contributed by atoms with Crippen molar-refractivity contribution in [1.82, 2.24) is 0 Å². The second kappa shape index (κ2) is 4.89. The van der Waals surface area contributed by atoms with Crippen LogP contribution in [0.5, 0.6) is 0 Å². The third-order valence-electron chi connectivity index (χ3n) is 4.35. The summed E-state index contributed by atoms with van der Waals surface area (Å²) in [6, 6.07) is 24.6. The van der Waals surface area contributed by atoms with Gasteiger partial charge < -0.3 is 0 Å². The Morgan fingerprint density at radius 2 is 1.29 bits per heavy atom. The third-order valence-corrected chi connectivity index (χ3v) is 4.35. The SMILES string of the molecule is CCCc1ccc2c(ccc3c4ccccc4ccc23)c1. The molecule has 0 aliphatic heterocycles. The van der Waals surface area contributed by atoms with Crippen LogP contribution in [0.3, 0.4) is 0 Å². The fourth-order valence-corrected chi connectivity index (χ4v) is 3.32. The fraction of sp³-hybridized carbons (Fsp3) is 0.143. The predicted octanol–water partition coefficient (Wildman–Crippen LogP) is 6.10. The molecule has 4 aromatic rings. The van der Waals surface area contributed by atoms with Gasteiger partial charge in [0.05, 0.1) is 0 Å². The van der Waals surface area contributed by atoms with Crippen LogP contribution in [0.4, 0.5) is 0 Å². The third kappa shape index (κ3) is 1.99. The molecule has 0 fully saturated rings. The first-order chi connectivity index (χ1) is 10.4. The molecule has 102 valence electrons. The summed E-state index contributed by atoms with van der Waals surface area (Å²) in [5.41, 5.74) is 1.44. The maximum absolute atomic E-state index is 2.34. The monoisotopic (exact) mass is 270 g/mol. The molecule has 0 bridgehead atoms. The highest BCUT2D eigenvalue weighted by atomic mass is 14.1. The molecule has 0 aliphatic carbocycles. The summed E-state index contributed by atoms with van der Waals surface area (Å²) in [5.74, 6) is 0. The minimum absolute atomic E-state index is 1.16. The first-order valence-corrected chi connectivity index (χ1v) is 7.70. The van der Waals surface area contributed by atoms with Crippen molar-refractivity contribution in [3.63, 3.8) is 0 Å². The van der Waals surface area contributed by atoms with Crippen LogP contribution < -0.4 is 0 Å². The molecule has 0 unspecified atom stereocenters. The van der Waals surface area contributed by atoms with E-state index in [1.165, 1.54) is 44.3 Å². The van der Waals surface area contributed by atoms with Crippen LogP contribution in [-0.4, -0.2) is 0 Å². The van der Waals surface area contributed by atoms with Gasteiger partial charge in [-0.15, -0.1) is 0 Å². The van der Waals surface area contributed by atoms with E-state index >= 15 is 0 Å². The number of fused-ring (bicyclic) bond motifs is 5. The summed E-state index contributed by atoms with van der Waals surface area (Å²) in [4.78, 5) is 0. The molecule has 4 aromatic carbocycles. The lowest BCUT2D eigenvalue weighted by Crippen LogP contribution is -1.85. The van der Waals surface area contributed by atoms with Crippen molar-refractivity contribution in [1.29, 1.82) is 0 Å². The van der Waals surface area contributed by atoms with Crippen LogP contribution >= 0.6 is 0 Å². The van der Waals surface area contributed by atoms with Gasteiger partial charge in [0, 0.05) is 0 Å². The van der Waals surface area contributed by atoms with Gasteiger partial charge in [-0.2, -0.15) is 0 Å². The van der Waals surface area contributed by atoms with Crippen LogP contribution in [0.25, 0.3) is 32.3 Å². The molecule has 0 spiro atoms. The minimum Gasteiger partial charge on any atom is -0.0651 e. The normalized spacial score (nSPS) is 11.5. The van der Waals surface area contributed by atoms with Crippen LogP contribution in [0.15, 0.2) is 66.7 Å². The molecular weight excluding hydrogens is 252 g/mol. The van der Waals surface area contributed by atoms with E-state index in [1.807, 2.05) is 0 Å². The summed E-state index contributed by atoms with van der Waals surface area (Å²) in [5, 5.41) is 8.07. The maximum atomic E-state index is 2.34. The van der Waals surface area contributed by atoms with E-state index in [-0.39, 0.29) is 0 Å². The second-order valence-corrected chi connectivity index (χ2v) is 5.75. The van der Waals surface area contributed by atoms with Gasteiger partial charge in [-0.25, -0.2) is 0 Å². The minimum atomic E-state index is 1.16. The number of hydrogen-bond donors (Lipinski definition) is 0. The van der Waals surface area contributed by atoms with Crippen molar-refractivity contribution < 1.29 is 0 Å². The van der Waals surface area contributed by atoms with Crippen LogP contribution in [-0.2, 0) is 6.42 Å². The molecule has 0 nitrogen and oxygen atoms in total. The van der Waals surface area contributed by atoms with Crippen molar-refractivity contribution in [3.8, 4) is 0 Å². The first-order valence-electron chi connectivity index (χ1n) is 7.70. The van der Waals surface area contributed by atoms with E-state index in [4.69, 9.17) is 0 Å². The number of benzene rings is 4. The van der Waals surface area contributed by atoms with Gasteiger partial charge in [0.2, 0.25) is 0 Å². The molecule has 0 aromatic heterocycles. The van der Waals surface area contributed by atoms with E-state index in [9.17, 15) is 0 Å². The Morgan fingerprint density at radius 1 is 0.619 bits per heavy atom. The quantitative estimate of drug-likeness (QED) is 0.386. The van der Waals surface area contributed by atoms with Gasteiger partial charge in [-0.05, 0) is 44.3 Å². The average molecular weight is 270 g/mol. The Hall–Kier alpha value is -2.34. The number of aryl methyl sites for hydroxylation is 1. The highest BCUT2D eigenvalue weighted by Gasteiger charge is 2.04. The van der Waals surface area contributed by atoms with E-state index in [0.29, 0.717) is 0 Å². The highest BCUT2D eigenvalue weighted by molar-refractivity contribution is 6.17. The van der Waals surface area contributed by atoms with Crippen LogP contribution in [0.1, 0.15) is 18.9 Å². The molecule has 0 saturated carbocycles. The Balaban J connectivity index is 2.07. The fourth-order valence-electron chi connectivity index (χ4n) is 3.32. The molecule has 4 rings (SSSR count). The molecule has 0 amide bonds. The zero-order valence-electron chi connectivity index (χ0n) is 12.3. The van der Waals surface area contributed by atoms with Crippen molar-refractivity contribution >= 4 is 32.3 Å². The van der Waals surface area contributed by atoms with Gasteiger partial charge in [-0.1, -0.05) is 80.1 Å². The maximum Gasteiger partial charge on any atom is -0.00990 e. The highest BCUT2D eigenvalue weighted by Crippen LogP contribution is 2.31. The molecular formula is C21H18. The topological polar surface area (TPSA) is 0 Å². The molecule has 0 saturated heterocycles. The summed E-state index contributed by atoms with van der Waals surface area (Å²) in [7, 11) is 0. The average Bonchev–Trinajstić information content (AvgIpc) is 2.54. The van der Waals surface area contributed by atoms with Gasteiger partial charge in [0.25, 0.3) is 0 Å². The van der Waals surface area contributed by atoms with E-state index in [0.717, 1.165) is 6.42 Å². The molecule has 0 atom stereocenters. The summed E-state index contributed by atoms with van der Waals surface area (Å²) in [6.45, 7) is 2.23. The zero-order chi connectivity index (χ0) is 14.2. The Bertz CT molecular complexity index is 948. The second-order valence-electron chi connectivity index (χ2n) is 5.75.